The highest BCUT2D eigenvalue weighted by Crippen LogP contribution is 2.34. The molecule has 1 aromatic carbocycles. The zero-order valence-corrected chi connectivity index (χ0v) is 17.0. The molecule has 0 aliphatic carbocycles. The predicted octanol–water partition coefficient (Wildman–Crippen LogP) is 2.51. The number of nitrogens with zero attached hydrogens (tertiary/aromatic N) is 3. The zero-order chi connectivity index (χ0) is 19.3. The highest BCUT2D eigenvalue weighted by Gasteiger charge is 2.25. The molecular weight excluding hydrogens is 372 g/mol. The van der Waals surface area contributed by atoms with Gasteiger partial charge in [-0.2, -0.15) is 5.26 Å². The van der Waals surface area contributed by atoms with Crippen molar-refractivity contribution in [3.63, 3.8) is 0 Å². The Morgan fingerprint density at radius 3 is 2.62 bits per heavy atom. The highest BCUT2D eigenvalue weighted by atomic mass is 32.2. The van der Waals surface area contributed by atoms with Gasteiger partial charge in [-0.1, -0.05) is 18.7 Å². The van der Waals surface area contributed by atoms with Crippen LogP contribution in [0.3, 0.4) is 0 Å². The molecule has 1 aliphatic rings. The first-order valence-corrected chi connectivity index (χ1v) is 11.2. The number of rotatable bonds is 4. The molecule has 2 unspecified atom stereocenters. The Morgan fingerprint density at radius 2 is 2.08 bits per heavy atom. The molecule has 26 heavy (non-hydrogen) atoms. The second-order valence-electron chi connectivity index (χ2n) is 6.07. The molecule has 1 saturated heterocycles. The van der Waals surface area contributed by atoms with E-state index in [0.29, 0.717) is 23.9 Å². The first kappa shape index (κ1) is 20.6. The van der Waals surface area contributed by atoms with Crippen molar-refractivity contribution in [2.45, 2.75) is 37.9 Å². The summed E-state index contributed by atoms with van der Waals surface area (Å²) in [6, 6.07) is 4.99. The fourth-order valence-corrected chi connectivity index (χ4v) is 4.11. The monoisotopic (exact) mass is 396 g/mol. The fourth-order valence-electron chi connectivity index (χ4n) is 2.88. The van der Waals surface area contributed by atoms with Crippen LogP contribution in [0.1, 0.15) is 20.8 Å². The molecule has 0 aromatic heterocycles. The van der Waals surface area contributed by atoms with E-state index >= 15 is 0 Å². The molecule has 0 radical (unpaired) electrons. The maximum atomic E-state index is 12.3. The lowest BCUT2D eigenvalue weighted by Crippen LogP contribution is -2.45. The van der Waals surface area contributed by atoms with Gasteiger partial charge in [-0.25, -0.2) is 13.4 Å². The van der Waals surface area contributed by atoms with E-state index in [9.17, 15) is 8.42 Å². The van der Waals surface area contributed by atoms with Crippen molar-refractivity contribution in [2.24, 2.45) is 4.99 Å². The summed E-state index contributed by atoms with van der Waals surface area (Å²) in [5, 5.41) is 11.8. The molecule has 1 fully saturated rings. The lowest BCUT2D eigenvalue weighted by atomic mass is 10.1. The molecule has 0 amide bonds. The van der Waals surface area contributed by atoms with Crippen LogP contribution in [0.2, 0.25) is 0 Å². The van der Waals surface area contributed by atoms with Gasteiger partial charge in [-0.05, 0) is 38.3 Å². The Kier molecular flexibility index (Phi) is 6.92. The van der Waals surface area contributed by atoms with Crippen molar-refractivity contribution in [1.82, 2.24) is 5.32 Å². The van der Waals surface area contributed by atoms with Gasteiger partial charge in [0.25, 0.3) is 0 Å². The molecule has 9 heteroatoms. The minimum atomic E-state index is -3.35. The molecule has 0 spiro atoms. The summed E-state index contributed by atoms with van der Waals surface area (Å²) in [5.74, 6) is 0.0208. The minimum Gasteiger partial charge on any atom is -0.372 e. The van der Waals surface area contributed by atoms with Gasteiger partial charge in [0.15, 0.2) is 21.2 Å². The summed E-state index contributed by atoms with van der Waals surface area (Å²) >= 11 is 1.29. The Morgan fingerprint density at radius 1 is 1.42 bits per heavy atom. The van der Waals surface area contributed by atoms with Crippen molar-refractivity contribution in [3.05, 3.63) is 18.2 Å². The van der Waals surface area contributed by atoms with Gasteiger partial charge in [0.05, 0.1) is 34.2 Å². The van der Waals surface area contributed by atoms with E-state index < -0.39 is 9.84 Å². The normalized spacial score (nSPS) is 21.3. The average molecular weight is 397 g/mol. The van der Waals surface area contributed by atoms with Crippen LogP contribution in [0.4, 0.5) is 11.4 Å². The number of ether oxygens (including phenoxy) is 1. The molecule has 142 valence electrons. The maximum absolute atomic E-state index is 12.3. The molecule has 2 atom stereocenters. The van der Waals surface area contributed by atoms with Gasteiger partial charge in [0.1, 0.15) is 0 Å². The van der Waals surface area contributed by atoms with E-state index in [1.54, 1.807) is 31.4 Å². The summed E-state index contributed by atoms with van der Waals surface area (Å²) in [5.41, 5.74) is 1.35. The van der Waals surface area contributed by atoms with Crippen LogP contribution in [0.15, 0.2) is 28.1 Å². The quantitative estimate of drug-likeness (QED) is 0.362. The van der Waals surface area contributed by atoms with Gasteiger partial charge >= 0.3 is 0 Å². The van der Waals surface area contributed by atoms with Gasteiger partial charge < -0.3 is 9.64 Å². The lowest BCUT2D eigenvalue weighted by molar-refractivity contribution is -0.00518. The number of benzene rings is 1. The average Bonchev–Trinajstić information content (AvgIpc) is 2.60. The number of anilines is 1. The summed E-state index contributed by atoms with van der Waals surface area (Å²) in [6.45, 7) is 7.00. The van der Waals surface area contributed by atoms with E-state index in [1.807, 2.05) is 20.0 Å². The Labute approximate surface area is 159 Å². The summed E-state index contributed by atoms with van der Waals surface area (Å²) in [6.07, 6.45) is 3.78. The van der Waals surface area contributed by atoms with Crippen LogP contribution < -0.4 is 10.2 Å². The number of nitrogens with one attached hydrogen (secondary N) is 1. The number of hydrogen-bond donors (Lipinski definition) is 1. The van der Waals surface area contributed by atoms with Crippen molar-refractivity contribution in [1.29, 1.82) is 5.26 Å². The molecule has 2 rings (SSSR count). The van der Waals surface area contributed by atoms with Gasteiger partial charge in [-0.15, -0.1) is 0 Å². The predicted molar refractivity (Wildman–Crippen MR) is 106 cm³/mol. The van der Waals surface area contributed by atoms with E-state index in [-0.39, 0.29) is 22.9 Å². The van der Waals surface area contributed by atoms with E-state index in [0.717, 1.165) is 5.69 Å². The van der Waals surface area contributed by atoms with Gasteiger partial charge in [0.2, 0.25) is 0 Å². The molecule has 1 aromatic rings. The highest BCUT2D eigenvalue weighted by molar-refractivity contribution is 8.13. The third-order valence-electron chi connectivity index (χ3n) is 4.02. The number of nitriles is 1. The molecule has 1 N–H and O–H groups in total. The van der Waals surface area contributed by atoms with Crippen molar-refractivity contribution < 1.29 is 13.2 Å². The van der Waals surface area contributed by atoms with E-state index in [1.165, 1.54) is 11.8 Å². The van der Waals surface area contributed by atoms with Crippen LogP contribution in [-0.2, 0) is 14.6 Å². The first-order chi connectivity index (χ1) is 12.3. The zero-order valence-electron chi connectivity index (χ0n) is 15.4. The number of sulfone groups is 1. The molecule has 7 nitrogen and oxygen atoms in total. The third-order valence-corrected chi connectivity index (χ3v) is 6.34. The number of aliphatic imine (C=N–C) groups is 1. The summed E-state index contributed by atoms with van der Waals surface area (Å²) in [4.78, 5) is 6.87. The number of amidine groups is 1. The Balaban J connectivity index is 2.55. The summed E-state index contributed by atoms with van der Waals surface area (Å²) in [7, 11) is -3.35. The molecule has 1 aliphatic heterocycles. The van der Waals surface area contributed by atoms with Crippen LogP contribution >= 0.6 is 11.8 Å². The number of hydrogen-bond acceptors (Lipinski definition) is 7. The van der Waals surface area contributed by atoms with Crippen LogP contribution in [0, 0.1) is 11.5 Å². The van der Waals surface area contributed by atoms with Crippen molar-refractivity contribution in [2.75, 3.05) is 30.0 Å². The minimum absolute atomic E-state index is 0.0208. The maximum Gasteiger partial charge on any atom is 0.183 e. The standard InChI is InChI=1S/C17H24N4O3S2/c1-5-26(22,23)14-6-7-16(21-9-12(2)24-13(3)10-21)15(8-14)20-17(25-4)19-11-18/h6-8,12-13H,5,9-10H2,1-4H3,(H,19,20). The fraction of sp³-hybridized carbons (Fsp3) is 0.529. The number of morpholine rings is 1. The molecule has 1 heterocycles. The largest absolute Gasteiger partial charge is 0.372 e. The van der Waals surface area contributed by atoms with Crippen LogP contribution in [-0.4, -0.2) is 50.9 Å². The SMILES string of the molecule is CCS(=O)(=O)c1ccc(N2CC(C)OC(C)C2)c(N=C(NC#N)SC)c1. The first-order valence-electron chi connectivity index (χ1n) is 8.35. The van der Waals surface area contributed by atoms with Gasteiger partial charge in [0, 0.05) is 13.1 Å². The van der Waals surface area contributed by atoms with Crippen molar-refractivity contribution >= 4 is 38.1 Å². The Bertz CT molecular complexity index is 808. The molecular formula is C17H24N4O3S2. The molecule has 0 bridgehead atoms. The number of thioether (sulfide) groups is 1. The lowest BCUT2D eigenvalue weighted by Gasteiger charge is -2.37. The topological polar surface area (TPSA) is 94.8 Å². The van der Waals surface area contributed by atoms with E-state index in [4.69, 9.17) is 10.00 Å². The second kappa shape index (κ2) is 8.75. The Hall–Kier alpha value is -1.76. The van der Waals surface area contributed by atoms with Crippen LogP contribution in [0.5, 0.6) is 0 Å². The third kappa shape index (κ3) is 4.90. The van der Waals surface area contributed by atoms with Gasteiger partial charge in [-0.3, -0.25) is 5.32 Å². The van der Waals surface area contributed by atoms with Crippen molar-refractivity contribution in [3.8, 4) is 6.19 Å². The molecule has 0 saturated carbocycles. The summed E-state index contributed by atoms with van der Waals surface area (Å²) < 4.78 is 30.3. The van der Waals surface area contributed by atoms with Crippen LogP contribution in [0.25, 0.3) is 0 Å². The smallest absolute Gasteiger partial charge is 0.183 e. The second-order valence-corrected chi connectivity index (χ2v) is 9.15. The van der Waals surface area contributed by atoms with E-state index in [2.05, 4.69) is 15.2 Å².